The highest BCUT2D eigenvalue weighted by Crippen LogP contribution is 2.12. The molecule has 1 aromatic rings. The number of oxime groups is 1. The Morgan fingerprint density at radius 1 is 1.59 bits per heavy atom. The zero-order valence-corrected chi connectivity index (χ0v) is 10.2. The number of halogens is 1. The van der Waals surface area contributed by atoms with E-state index in [1.165, 1.54) is 4.90 Å². The zero-order valence-electron chi connectivity index (χ0n) is 9.43. The van der Waals surface area contributed by atoms with Gasteiger partial charge < -0.3 is 15.8 Å². The van der Waals surface area contributed by atoms with Crippen molar-refractivity contribution in [2.45, 2.75) is 6.92 Å². The molecule has 0 aliphatic rings. The quantitative estimate of drug-likeness (QED) is 0.371. The van der Waals surface area contributed by atoms with Crippen molar-refractivity contribution in [1.82, 2.24) is 4.90 Å². The van der Waals surface area contributed by atoms with Crippen LogP contribution in [0.15, 0.2) is 29.4 Å². The number of nitrogens with zero attached hydrogens (tertiary/aromatic N) is 2. The number of hydrogen-bond donors (Lipinski definition) is 2. The van der Waals surface area contributed by atoms with E-state index in [4.69, 9.17) is 22.5 Å². The van der Waals surface area contributed by atoms with Crippen molar-refractivity contribution in [2.75, 3.05) is 13.1 Å². The third-order valence-electron chi connectivity index (χ3n) is 2.22. The van der Waals surface area contributed by atoms with Gasteiger partial charge in [0.25, 0.3) is 5.91 Å². The number of hydrogen-bond acceptors (Lipinski definition) is 3. The van der Waals surface area contributed by atoms with Crippen LogP contribution in [0.3, 0.4) is 0 Å². The summed E-state index contributed by atoms with van der Waals surface area (Å²) in [6, 6.07) is 6.65. The molecule has 1 rings (SSSR count). The first-order chi connectivity index (χ1) is 8.08. The number of carbonyl (C=O) groups excluding carboxylic acids is 1. The maximum absolute atomic E-state index is 12.1. The summed E-state index contributed by atoms with van der Waals surface area (Å²) in [5.74, 6) is -0.219. The van der Waals surface area contributed by atoms with E-state index < -0.39 is 0 Å². The standard InChI is InChI=1S/C11H14ClN3O2/c1-2-15(7-10(13)14-17)11(16)8-4-3-5-9(12)6-8/h3-6,17H,2,7H2,1H3,(H2,13,14). The van der Waals surface area contributed by atoms with Crippen LogP contribution in [0.5, 0.6) is 0 Å². The fourth-order valence-electron chi connectivity index (χ4n) is 1.36. The van der Waals surface area contributed by atoms with Gasteiger partial charge in [0.15, 0.2) is 5.84 Å². The maximum Gasteiger partial charge on any atom is 0.254 e. The number of nitrogens with two attached hydrogens (primary N) is 1. The number of rotatable bonds is 4. The Labute approximate surface area is 104 Å². The summed E-state index contributed by atoms with van der Waals surface area (Å²) >= 11 is 5.81. The van der Waals surface area contributed by atoms with Crippen LogP contribution in [-0.2, 0) is 0 Å². The van der Waals surface area contributed by atoms with Gasteiger partial charge in [0.05, 0.1) is 6.54 Å². The van der Waals surface area contributed by atoms with E-state index in [2.05, 4.69) is 5.16 Å². The molecule has 0 heterocycles. The Morgan fingerprint density at radius 3 is 2.82 bits per heavy atom. The molecule has 1 aromatic carbocycles. The van der Waals surface area contributed by atoms with E-state index in [1.807, 2.05) is 6.92 Å². The first-order valence-corrected chi connectivity index (χ1v) is 5.47. The normalized spacial score (nSPS) is 11.3. The highest BCUT2D eigenvalue weighted by Gasteiger charge is 2.15. The average molecular weight is 256 g/mol. The van der Waals surface area contributed by atoms with E-state index in [0.717, 1.165) is 0 Å². The predicted octanol–water partition coefficient (Wildman–Crippen LogP) is 1.55. The van der Waals surface area contributed by atoms with Gasteiger partial charge in [-0.05, 0) is 25.1 Å². The van der Waals surface area contributed by atoms with Crippen molar-refractivity contribution in [1.29, 1.82) is 0 Å². The number of carbonyl (C=O) groups is 1. The molecular formula is C11H14ClN3O2. The number of benzene rings is 1. The van der Waals surface area contributed by atoms with Crippen LogP contribution >= 0.6 is 11.6 Å². The van der Waals surface area contributed by atoms with Gasteiger partial charge in [-0.15, -0.1) is 0 Å². The molecule has 0 radical (unpaired) electrons. The van der Waals surface area contributed by atoms with Crippen LogP contribution < -0.4 is 5.73 Å². The van der Waals surface area contributed by atoms with Gasteiger partial charge in [-0.2, -0.15) is 0 Å². The molecule has 0 aromatic heterocycles. The fraction of sp³-hybridized carbons (Fsp3) is 0.273. The van der Waals surface area contributed by atoms with Gasteiger partial charge in [-0.1, -0.05) is 22.8 Å². The predicted molar refractivity (Wildman–Crippen MR) is 66.4 cm³/mol. The molecule has 17 heavy (non-hydrogen) atoms. The van der Waals surface area contributed by atoms with Gasteiger partial charge in [0.1, 0.15) is 0 Å². The monoisotopic (exact) mass is 255 g/mol. The Morgan fingerprint density at radius 2 is 2.29 bits per heavy atom. The SMILES string of the molecule is CCN(CC(N)=NO)C(=O)c1cccc(Cl)c1. The molecule has 6 heteroatoms. The minimum absolute atomic E-state index is 0.0118. The highest BCUT2D eigenvalue weighted by molar-refractivity contribution is 6.30. The second kappa shape index (κ2) is 6.10. The van der Waals surface area contributed by atoms with Crippen LogP contribution in [0.1, 0.15) is 17.3 Å². The topological polar surface area (TPSA) is 78.9 Å². The lowest BCUT2D eigenvalue weighted by Crippen LogP contribution is -2.38. The lowest BCUT2D eigenvalue weighted by atomic mass is 10.2. The van der Waals surface area contributed by atoms with Crippen molar-refractivity contribution in [3.05, 3.63) is 34.9 Å². The largest absolute Gasteiger partial charge is 0.409 e. The molecular weight excluding hydrogens is 242 g/mol. The number of likely N-dealkylation sites (N-methyl/N-ethyl adjacent to an activating group) is 1. The van der Waals surface area contributed by atoms with Crippen LogP contribution in [0.2, 0.25) is 5.02 Å². The molecule has 92 valence electrons. The number of amidine groups is 1. The second-order valence-corrected chi connectivity index (χ2v) is 3.86. The summed E-state index contributed by atoms with van der Waals surface area (Å²) < 4.78 is 0. The third-order valence-corrected chi connectivity index (χ3v) is 2.46. The summed E-state index contributed by atoms with van der Waals surface area (Å²) in [5, 5.41) is 11.8. The van der Waals surface area contributed by atoms with Crippen LogP contribution in [0.25, 0.3) is 0 Å². The van der Waals surface area contributed by atoms with Gasteiger partial charge in [0.2, 0.25) is 0 Å². The first kappa shape index (κ1) is 13.3. The first-order valence-electron chi connectivity index (χ1n) is 5.09. The molecule has 0 saturated carbocycles. The van der Waals surface area contributed by atoms with Crippen molar-refractivity contribution in [3.8, 4) is 0 Å². The van der Waals surface area contributed by atoms with Gasteiger partial charge in [0, 0.05) is 17.1 Å². The molecule has 3 N–H and O–H groups in total. The molecule has 1 amide bonds. The van der Waals surface area contributed by atoms with Gasteiger partial charge in [-0.3, -0.25) is 4.79 Å². The Balaban J connectivity index is 2.86. The minimum Gasteiger partial charge on any atom is -0.409 e. The van der Waals surface area contributed by atoms with Gasteiger partial charge in [-0.25, -0.2) is 0 Å². The molecule has 0 bridgehead atoms. The number of amides is 1. The lowest BCUT2D eigenvalue weighted by molar-refractivity contribution is 0.0786. The van der Waals surface area contributed by atoms with E-state index in [9.17, 15) is 4.79 Å². The summed E-state index contributed by atoms with van der Waals surface area (Å²) in [6.45, 7) is 2.35. The van der Waals surface area contributed by atoms with Crippen molar-refractivity contribution >= 4 is 23.3 Å². The molecule has 0 fully saturated rings. The van der Waals surface area contributed by atoms with Crippen molar-refractivity contribution < 1.29 is 10.0 Å². The molecule has 0 saturated heterocycles. The third kappa shape index (κ3) is 3.64. The van der Waals surface area contributed by atoms with E-state index >= 15 is 0 Å². The molecule has 0 atom stereocenters. The zero-order chi connectivity index (χ0) is 12.8. The average Bonchev–Trinajstić information content (AvgIpc) is 2.34. The lowest BCUT2D eigenvalue weighted by Gasteiger charge is -2.20. The Bertz CT molecular complexity index is 434. The fourth-order valence-corrected chi connectivity index (χ4v) is 1.55. The molecule has 0 aliphatic carbocycles. The Kier molecular flexibility index (Phi) is 4.78. The van der Waals surface area contributed by atoms with Crippen LogP contribution in [0, 0.1) is 0 Å². The summed E-state index contributed by atoms with van der Waals surface area (Å²) in [4.78, 5) is 13.5. The van der Waals surface area contributed by atoms with E-state index in [-0.39, 0.29) is 18.3 Å². The van der Waals surface area contributed by atoms with E-state index in [0.29, 0.717) is 17.1 Å². The van der Waals surface area contributed by atoms with Crippen LogP contribution in [0.4, 0.5) is 0 Å². The molecule has 5 nitrogen and oxygen atoms in total. The molecule has 0 aliphatic heterocycles. The van der Waals surface area contributed by atoms with E-state index in [1.54, 1.807) is 24.3 Å². The second-order valence-electron chi connectivity index (χ2n) is 3.42. The maximum atomic E-state index is 12.1. The minimum atomic E-state index is -0.207. The highest BCUT2D eigenvalue weighted by atomic mass is 35.5. The van der Waals surface area contributed by atoms with Crippen LogP contribution in [-0.4, -0.2) is 34.9 Å². The van der Waals surface area contributed by atoms with Gasteiger partial charge >= 0.3 is 0 Å². The van der Waals surface area contributed by atoms with Crippen molar-refractivity contribution in [3.63, 3.8) is 0 Å². The molecule has 0 spiro atoms. The molecule has 0 unspecified atom stereocenters. The summed E-state index contributed by atoms with van der Waals surface area (Å²) in [7, 11) is 0. The van der Waals surface area contributed by atoms with Crippen molar-refractivity contribution in [2.24, 2.45) is 10.9 Å². The summed E-state index contributed by atoms with van der Waals surface area (Å²) in [5.41, 5.74) is 5.85. The Hall–Kier alpha value is -1.75. The summed E-state index contributed by atoms with van der Waals surface area (Å²) in [6.07, 6.45) is 0. The smallest absolute Gasteiger partial charge is 0.254 e.